The third-order valence-corrected chi connectivity index (χ3v) is 6.07. The van der Waals surface area contributed by atoms with Gasteiger partial charge in [0.25, 0.3) is 5.56 Å². The SMILES string of the molecule is C=CCOc1ccc(/C=c2/sc3nc(-c4ccccc4)c(-c4ccccc4)n3c2=O)cc1. The summed E-state index contributed by atoms with van der Waals surface area (Å²) in [5, 5.41) is 0. The molecule has 0 atom stereocenters. The van der Waals surface area contributed by atoms with E-state index >= 15 is 0 Å². The Hall–Kier alpha value is -3.96. The van der Waals surface area contributed by atoms with Gasteiger partial charge in [-0.15, -0.1) is 0 Å². The molecule has 2 heterocycles. The van der Waals surface area contributed by atoms with E-state index in [1.807, 2.05) is 91.0 Å². The molecule has 0 amide bonds. The summed E-state index contributed by atoms with van der Waals surface area (Å²) in [5.41, 5.74) is 4.45. The minimum absolute atomic E-state index is 0.0643. The van der Waals surface area contributed by atoms with Gasteiger partial charge in [0.05, 0.1) is 15.9 Å². The van der Waals surface area contributed by atoms with Crippen LogP contribution in [0.4, 0.5) is 0 Å². The fourth-order valence-electron chi connectivity index (χ4n) is 3.63. The van der Waals surface area contributed by atoms with Crippen molar-refractivity contribution in [2.45, 2.75) is 0 Å². The summed E-state index contributed by atoms with van der Waals surface area (Å²) >= 11 is 1.40. The molecule has 0 aliphatic carbocycles. The highest BCUT2D eigenvalue weighted by atomic mass is 32.1. The van der Waals surface area contributed by atoms with Gasteiger partial charge >= 0.3 is 0 Å². The summed E-state index contributed by atoms with van der Waals surface area (Å²) < 4.78 is 7.91. The van der Waals surface area contributed by atoms with Gasteiger partial charge in [-0.05, 0) is 23.8 Å². The highest BCUT2D eigenvalue weighted by Gasteiger charge is 2.19. The van der Waals surface area contributed by atoms with Crippen molar-refractivity contribution in [2.24, 2.45) is 0 Å². The van der Waals surface area contributed by atoms with E-state index < -0.39 is 0 Å². The second kappa shape index (κ2) is 8.65. The largest absolute Gasteiger partial charge is 0.490 e. The molecular formula is C27H20N2O2S. The van der Waals surface area contributed by atoms with Crippen LogP contribution in [0.1, 0.15) is 5.56 Å². The molecule has 0 aliphatic rings. The van der Waals surface area contributed by atoms with Crippen LogP contribution in [-0.2, 0) is 0 Å². The van der Waals surface area contributed by atoms with Crippen molar-refractivity contribution in [3.8, 4) is 28.3 Å². The lowest BCUT2D eigenvalue weighted by Crippen LogP contribution is -2.23. The van der Waals surface area contributed by atoms with Gasteiger partial charge in [-0.1, -0.05) is 96.8 Å². The van der Waals surface area contributed by atoms with Crippen molar-refractivity contribution < 1.29 is 4.74 Å². The molecule has 5 heteroatoms. The van der Waals surface area contributed by atoms with E-state index in [4.69, 9.17) is 9.72 Å². The second-order valence-electron chi connectivity index (χ2n) is 7.24. The lowest BCUT2D eigenvalue weighted by atomic mass is 10.1. The monoisotopic (exact) mass is 436 g/mol. The molecule has 5 rings (SSSR count). The number of hydrogen-bond donors (Lipinski definition) is 0. The lowest BCUT2D eigenvalue weighted by molar-refractivity contribution is 0.363. The van der Waals surface area contributed by atoms with Crippen LogP contribution in [0.5, 0.6) is 5.75 Å². The zero-order valence-corrected chi connectivity index (χ0v) is 18.1. The maximum absolute atomic E-state index is 13.4. The minimum atomic E-state index is -0.0643. The lowest BCUT2D eigenvalue weighted by Gasteiger charge is -2.04. The predicted molar refractivity (Wildman–Crippen MR) is 131 cm³/mol. The van der Waals surface area contributed by atoms with E-state index in [1.165, 1.54) is 11.3 Å². The summed E-state index contributed by atoms with van der Waals surface area (Å²) in [6, 6.07) is 27.6. The summed E-state index contributed by atoms with van der Waals surface area (Å²) in [6.45, 7) is 4.12. The zero-order valence-electron chi connectivity index (χ0n) is 17.3. The van der Waals surface area contributed by atoms with Crippen molar-refractivity contribution in [1.29, 1.82) is 0 Å². The molecule has 0 saturated carbocycles. The van der Waals surface area contributed by atoms with E-state index in [1.54, 1.807) is 10.5 Å². The normalized spacial score (nSPS) is 11.7. The van der Waals surface area contributed by atoms with Gasteiger partial charge in [0.2, 0.25) is 0 Å². The van der Waals surface area contributed by atoms with Crippen LogP contribution >= 0.6 is 11.3 Å². The third kappa shape index (κ3) is 3.74. The highest BCUT2D eigenvalue weighted by Crippen LogP contribution is 2.32. The molecule has 0 spiro atoms. The van der Waals surface area contributed by atoms with Crippen LogP contribution in [0.25, 0.3) is 33.6 Å². The molecule has 156 valence electrons. The van der Waals surface area contributed by atoms with Gasteiger partial charge in [0, 0.05) is 11.1 Å². The molecule has 0 fully saturated rings. The Morgan fingerprint density at radius 1 is 0.906 bits per heavy atom. The van der Waals surface area contributed by atoms with Crippen LogP contribution in [0, 0.1) is 0 Å². The van der Waals surface area contributed by atoms with Crippen LogP contribution in [0.3, 0.4) is 0 Å². The highest BCUT2D eigenvalue weighted by molar-refractivity contribution is 7.15. The number of ether oxygens (including phenoxy) is 1. The molecular weight excluding hydrogens is 416 g/mol. The molecule has 2 aromatic heterocycles. The van der Waals surface area contributed by atoms with Crippen molar-refractivity contribution in [3.05, 3.63) is 118 Å². The minimum Gasteiger partial charge on any atom is -0.490 e. The molecule has 0 saturated heterocycles. The Kier molecular flexibility index (Phi) is 5.40. The molecule has 5 aromatic rings. The third-order valence-electron chi connectivity index (χ3n) is 5.10. The fraction of sp³-hybridized carbons (Fsp3) is 0.0370. The van der Waals surface area contributed by atoms with E-state index in [0.29, 0.717) is 16.1 Å². The van der Waals surface area contributed by atoms with Gasteiger partial charge in [0.15, 0.2) is 4.96 Å². The number of imidazole rings is 1. The van der Waals surface area contributed by atoms with E-state index in [-0.39, 0.29) is 5.56 Å². The maximum Gasteiger partial charge on any atom is 0.274 e. The smallest absolute Gasteiger partial charge is 0.274 e. The average Bonchev–Trinajstić information content (AvgIpc) is 3.36. The Morgan fingerprint density at radius 2 is 1.56 bits per heavy atom. The van der Waals surface area contributed by atoms with Crippen molar-refractivity contribution >= 4 is 22.4 Å². The van der Waals surface area contributed by atoms with E-state index in [9.17, 15) is 4.79 Å². The molecule has 0 radical (unpaired) electrons. The number of rotatable bonds is 6. The predicted octanol–water partition coefficient (Wildman–Crippen LogP) is 5.20. The number of aromatic nitrogens is 2. The first-order valence-electron chi connectivity index (χ1n) is 10.3. The van der Waals surface area contributed by atoms with E-state index in [2.05, 4.69) is 6.58 Å². The number of fused-ring (bicyclic) bond motifs is 1. The molecule has 32 heavy (non-hydrogen) atoms. The summed E-state index contributed by atoms with van der Waals surface area (Å²) in [7, 11) is 0. The molecule has 4 nitrogen and oxygen atoms in total. The van der Waals surface area contributed by atoms with Crippen molar-refractivity contribution in [2.75, 3.05) is 6.61 Å². The maximum atomic E-state index is 13.4. The number of hydrogen-bond acceptors (Lipinski definition) is 4. The van der Waals surface area contributed by atoms with Gasteiger partial charge in [0.1, 0.15) is 12.4 Å². The Labute approximate surface area is 189 Å². The van der Waals surface area contributed by atoms with Crippen LogP contribution < -0.4 is 14.8 Å². The standard InChI is InChI=1S/C27H20N2O2S/c1-2-17-31-22-15-13-19(14-16-22)18-23-26(30)29-25(21-11-7-4-8-12-21)24(28-27(29)32-23)20-9-5-3-6-10-20/h2-16,18H,1,17H2/b23-18+. The zero-order chi connectivity index (χ0) is 21.9. The topological polar surface area (TPSA) is 43.6 Å². The van der Waals surface area contributed by atoms with E-state index in [0.717, 1.165) is 33.8 Å². The summed E-state index contributed by atoms with van der Waals surface area (Å²) in [4.78, 5) is 19.0. The Balaban J connectivity index is 1.66. The molecule has 0 aliphatic heterocycles. The summed E-state index contributed by atoms with van der Waals surface area (Å²) in [5.74, 6) is 0.768. The first kappa shape index (κ1) is 20.0. The van der Waals surface area contributed by atoms with Crippen LogP contribution in [0.15, 0.2) is 102 Å². The first-order chi connectivity index (χ1) is 15.7. The second-order valence-corrected chi connectivity index (χ2v) is 8.25. The number of benzene rings is 3. The average molecular weight is 437 g/mol. The van der Waals surface area contributed by atoms with Crippen molar-refractivity contribution in [3.63, 3.8) is 0 Å². The van der Waals surface area contributed by atoms with Crippen molar-refractivity contribution in [1.82, 2.24) is 9.38 Å². The summed E-state index contributed by atoms with van der Waals surface area (Å²) in [6.07, 6.45) is 3.61. The Morgan fingerprint density at radius 3 is 2.22 bits per heavy atom. The van der Waals surface area contributed by atoms with Gasteiger partial charge < -0.3 is 4.74 Å². The van der Waals surface area contributed by atoms with Crippen LogP contribution in [0.2, 0.25) is 0 Å². The number of thiazole rings is 1. The molecule has 0 N–H and O–H groups in total. The molecule has 0 bridgehead atoms. The quantitative estimate of drug-likeness (QED) is 0.344. The fourth-order valence-corrected chi connectivity index (χ4v) is 4.60. The molecule has 3 aromatic carbocycles. The molecule has 0 unspecified atom stereocenters. The van der Waals surface area contributed by atoms with Gasteiger partial charge in [-0.25, -0.2) is 9.38 Å². The number of nitrogens with zero attached hydrogens (tertiary/aromatic N) is 2. The van der Waals surface area contributed by atoms with Gasteiger partial charge in [-0.3, -0.25) is 4.79 Å². The Bertz CT molecular complexity index is 1490. The van der Waals surface area contributed by atoms with Gasteiger partial charge in [-0.2, -0.15) is 0 Å². The van der Waals surface area contributed by atoms with Crippen LogP contribution in [-0.4, -0.2) is 16.0 Å². The first-order valence-corrected chi connectivity index (χ1v) is 11.1.